The molecule has 1 aromatic carbocycles. The third-order valence-electron chi connectivity index (χ3n) is 9.55. The SMILES string of the molecule is CS(=O)(=O)N1CCc2c(c(-c3ccc(C(F)(F)F)c(SCC(=O)NC4CCCC4)c3)nn2CC(O)CN2CCC(c3n[nH]c(=O)[nH]3)CC2)C1. The fourth-order valence-corrected chi connectivity index (χ4v) is 8.77. The van der Waals surface area contributed by atoms with Crippen LogP contribution in [-0.4, -0.2) is 104 Å². The van der Waals surface area contributed by atoms with Crippen LogP contribution in [0.15, 0.2) is 27.9 Å². The van der Waals surface area contributed by atoms with Crippen LogP contribution in [0.2, 0.25) is 0 Å². The predicted octanol–water partition coefficient (Wildman–Crippen LogP) is 2.69. The van der Waals surface area contributed by atoms with E-state index in [4.69, 9.17) is 5.10 Å². The molecule has 3 aliphatic rings. The van der Waals surface area contributed by atoms with Crippen molar-refractivity contribution in [1.29, 1.82) is 0 Å². The number of aromatic nitrogens is 5. The van der Waals surface area contributed by atoms with Crippen LogP contribution in [0.3, 0.4) is 0 Å². The van der Waals surface area contributed by atoms with Gasteiger partial charge in [-0.1, -0.05) is 18.9 Å². The van der Waals surface area contributed by atoms with E-state index in [-0.39, 0.29) is 53.8 Å². The van der Waals surface area contributed by atoms with Crippen LogP contribution in [-0.2, 0) is 40.5 Å². The molecule has 1 atom stereocenters. The number of aromatic amines is 2. The van der Waals surface area contributed by atoms with Gasteiger partial charge in [-0.05, 0) is 50.9 Å². The van der Waals surface area contributed by atoms with Crippen LogP contribution in [0.4, 0.5) is 13.2 Å². The van der Waals surface area contributed by atoms with E-state index in [9.17, 15) is 36.3 Å². The molecule has 268 valence electrons. The molecule has 13 nitrogen and oxygen atoms in total. The highest BCUT2D eigenvalue weighted by molar-refractivity contribution is 8.00. The van der Waals surface area contributed by atoms with Crippen LogP contribution >= 0.6 is 11.8 Å². The molecular weight excluding hydrogens is 686 g/mol. The summed E-state index contributed by atoms with van der Waals surface area (Å²) in [6, 6.07) is 3.72. The second-order valence-electron chi connectivity index (χ2n) is 13.1. The minimum Gasteiger partial charge on any atom is -0.390 e. The Morgan fingerprint density at radius 2 is 1.88 bits per heavy atom. The monoisotopic (exact) mass is 726 g/mol. The standard InChI is InChI=1S/C31H41F3N8O5S2/c1-49(46,47)41-13-10-25-23(17-41)28(39-42(25)16-22(43)15-40-11-8-19(9-12-40)29-36-30(45)38-37-29)20-6-7-24(31(32,33)34)26(14-20)48-18-27(44)35-21-4-2-3-5-21/h6-7,14,19,21-22,43H,2-5,8-13,15-18H2,1H3,(H,35,44)(H2,36,37,38,45). The van der Waals surface area contributed by atoms with E-state index in [1.54, 1.807) is 4.68 Å². The van der Waals surface area contributed by atoms with Gasteiger partial charge in [-0.15, -0.1) is 11.8 Å². The summed E-state index contributed by atoms with van der Waals surface area (Å²) >= 11 is 0.812. The molecule has 2 aliphatic heterocycles. The second kappa shape index (κ2) is 14.6. The number of sulfonamides is 1. The number of likely N-dealkylation sites (tertiary alicyclic amines) is 1. The van der Waals surface area contributed by atoms with Gasteiger partial charge < -0.3 is 15.3 Å². The lowest BCUT2D eigenvalue weighted by atomic mass is 9.96. The number of benzene rings is 1. The minimum absolute atomic E-state index is 0.00428. The number of amides is 1. The summed E-state index contributed by atoms with van der Waals surface area (Å²) in [6.07, 6.45) is 1.21. The summed E-state index contributed by atoms with van der Waals surface area (Å²) in [7, 11) is -3.57. The van der Waals surface area contributed by atoms with Crippen LogP contribution in [0.1, 0.15) is 67.1 Å². The number of carbonyl (C=O) groups is 1. The first-order valence-electron chi connectivity index (χ1n) is 16.5. The highest BCUT2D eigenvalue weighted by atomic mass is 32.2. The van der Waals surface area contributed by atoms with Crippen molar-refractivity contribution in [3.8, 4) is 11.3 Å². The number of alkyl halides is 3. The number of rotatable bonds is 11. The number of halogens is 3. The summed E-state index contributed by atoms with van der Waals surface area (Å²) in [5.74, 6) is 0.233. The Balaban J connectivity index is 1.22. The first-order chi connectivity index (χ1) is 23.2. The number of nitrogens with one attached hydrogen (secondary N) is 3. The van der Waals surface area contributed by atoms with E-state index < -0.39 is 27.9 Å². The molecule has 4 heterocycles. The van der Waals surface area contributed by atoms with Crippen molar-refractivity contribution in [3.63, 3.8) is 0 Å². The molecule has 49 heavy (non-hydrogen) atoms. The van der Waals surface area contributed by atoms with E-state index in [1.807, 2.05) is 0 Å². The van der Waals surface area contributed by atoms with Gasteiger partial charge in [-0.2, -0.15) is 27.7 Å². The molecule has 6 rings (SSSR count). The van der Waals surface area contributed by atoms with Crippen molar-refractivity contribution in [1.82, 2.24) is 39.5 Å². The third kappa shape index (κ3) is 8.58. The number of aliphatic hydroxyl groups is 1. The zero-order valence-corrected chi connectivity index (χ0v) is 28.8. The summed E-state index contributed by atoms with van der Waals surface area (Å²) in [5.41, 5.74) is 0.800. The van der Waals surface area contributed by atoms with Gasteiger partial charge in [0.15, 0.2) is 0 Å². The largest absolute Gasteiger partial charge is 0.417 e. The van der Waals surface area contributed by atoms with Crippen molar-refractivity contribution in [2.45, 2.75) is 87.2 Å². The van der Waals surface area contributed by atoms with Gasteiger partial charge in [0.1, 0.15) is 5.82 Å². The number of aliphatic hydroxyl groups excluding tert-OH is 1. The van der Waals surface area contributed by atoms with Crippen molar-refractivity contribution in [3.05, 3.63) is 51.3 Å². The van der Waals surface area contributed by atoms with Gasteiger partial charge in [0, 0.05) is 59.7 Å². The quantitative estimate of drug-likeness (QED) is 0.217. The molecular formula is C31H41F3N8O5S2. The summed E-state index contributed by atoms with van der Waals surface area (Å²) in [4.78, 5) is 28.8. The van der Waals surface area contributed by atoms with Crippen molar-refractivity contribution < 1.29 is 31.5 Å². The lowest BCUT2D eigenvalue weighted by Crippen LogP contribution is -2.40. The highest BCUT2D eigenvalue weighted by Crippen LogP contribution is 2.40. The fourth-order valence-electron chi connectivity index (χ4n) is 7.06. The number of carbonyl (C=O) groups excluding carboxylic acids is 1. The van der Waals surface area contributed by atoms with E-state index in [2.05, 4.69) is 25.4 Å². The molecule has 2 fully saturated rings. The maximum atomic E-state index is 14.1. The van der Waals surface area contributed by atoms with Crippen molar-refractivity contribution >= 4 is 27.7 Å². The Bertz CT molecular complexity index is 1810. The van der Waals surface area contributed by atoms with Crippen LogP contribution in [0.25, 0.3) is 11.3 Å². The molecule has 3 aromatic rings. The summed E-state index contributed by atoms with van der Waals surface area (Å²) in [5, 5.41) is 25.3. The predicted molar refractivity (Wildman–Crippen MR) is 176 cm³/mol. The first-order valence-corrected chi connectivity index (χ1v) is 19.3. The Hall–Kier alpha value is -3.19. The molecule has 0 bridgehead atoms. The molecule has 18 heteroatoms. The van der Waals surface area contributed by atoms with Gasteiger partial charge in [-0.25, -0.2) is 18.3 Å². The number of piperidine rings is 1. The highest BCUT2D eigenvalue weighted by Gasteiger charge is 2.35. The Labute approximate surface area is 286 Å². The molecule has 1 aliphatic carbocycles. The Morgan fingerprint density at radius 1 is 1.14 bits per heavy atom. The Morgan fingerprint density at radius 3 is 2.53 bits per heavy atom. The van der Waals surface area contributed by atoms with E-state index in [1.165, 1.54) is 16.4 Å². The van der Waals surface area contributed by atoms with Gasteiger partial charge in [-0.3, -0.25) is 14.5 Å². The molecule has 4 N–H and O–H groups in total. The average molecular weight is 727 g/mol. The number of β-amino-alcohol motifs (C(OH)–C–C–N with tert-alkyl or cyclic N) is 1. The average Bonchev–Trinajstić information content (AvgIpc) is 3.80. The smallest absolute Gasteiger partial charge is 0.390 e. The molecule has 1 saturated heterocycles. The maximum Gasteiger partial charge on any atom is 0.417 e. The van der Waals surface area contributed by atoms with Crippen LogP contribution in [0.5, 0.6) is 0 Å². The topological polar surface area (TPSA) is 169 Å². The van der Waals surface area contributed by atoms with Gasteiger partial charge in [0.25, 0.3) is 0 Å². The van der Waals surface area contributed by atoms with E-state index in [0.29, 0.717) is 48.7 Å². The summed E-state index contributed by atoms with van der Waals surface area (Å²) < 4.78 is 70.2. The lowest BCUT2D eigenvalue weighted by Gasteiger charge is -2.32. The minimum atomic E-state index is -4.65. The molecule has 1 saturated carbocycles. The molecule has 1 unspecified atom stereocenters. The third-order valence-corrected chi connectivity index (χ3v) is 11.9. The number of H-pyrrole nitrogens is 2. The van der Waals surface area contributed by atoms with E-state index in [0.717, 1.165) is 68.3 Å². The number of thioether (sulfide) groups is 1. The van der Waals surface area contributed by atoms with Crippen LogP contribution in [0, 0.1) is 0 Å². The number of hydrogen-bond acceptors (Lipinski definition) is 9. The molecule has 2 aromatic heterocycles. The number of nitrogens with zero attached hydrogens (tertiary/aromatic N) is 5. The molecule has 1 amide bonds. The Kier molecular flexibility index (Phi) is 10.6. The first kappa shape index (κ1) is 35.6. The normalized spacial score (nSPS) is 19.3. The van der Waals surface area contributed by atoms with Gasteiger partial charge in [0.05, 0.1) is 35.9 Å². The second-order valence-corrected chi connectivity index (χ2v) is 16.1. The van der Waals surface area contributed by atoms with Gasteiger partial charge >= 0.3 is 11.9 Å². The van der Waals surface area contributed by atoms with Gasteiger partial charge in [0.2, 0.25) is 15.9 Å². The number of hydrogen-bond donors (Lipinski definition) is 4. The number of fused-ring (bicyclic) bond motifs is 1. The fraction of sp³-hybridized carbons (Fsp3) is 0.613. The molecule has 0 spiro atoms. The van der Waals surface area contributed by atoms with Crippen molar-refractivity contribution in [2.24, 2.45) is 0 Å². The zero-order chi connectivity index (χ0) is 34.9. The lowest BCUT2D eigenvalue weighted by molar-refractivity contribution is -0.139. The zero-order valence-electron chi connectivity index (χ0n) is 27.1. The van der Waals surface area contributed by atoms with Crippen LogP contribution < -0.4 is 11.0 Å². The summed E-state index contributed by atoms with van der Waals surface area (Å²) in [6.45, 7) is 2.04. The van der Waals surface area contributed by atoms with E-state index >= 15 is 0 Å². The maximum absolute atomic E-state index is 14.1. The molecule has 0 radical (unpaired) electrons. The van der Waals surface area contributed by atoms with Crippen molar-refractivity contribution in [2.75, 3.05) is 38.2 Å².